The molecule has 0 aliphatic rings. The molecule has 280 valence electrons. The van der Waals surface area contributed by atoms with E-state index in [-0.39, 0.29) is 11.4 Å². The van der Waals surface area contributed by atoms with E-state index in [1.807, 2.05) is 0 Å². The van der Waals surface area contributed by atoms with E-state index in [1.54, 1.807) is 6.07 Å². The van der Waals surface area contributed by atoms with Crippen LogP contribution in [0.4, 0.5) is 0 Å². The zero-order valence-electron chi connectivity index (χ0n) is 31.2. The fraction of sp³-hybridized carbons (Fsp3) is 0.974. The molecule has 6 nitrogen and oxygen atoms in total. The Morgan fingerprint density at radius 2 is 0.723 bits per heavy atom. The molecule has 0 fully saturated rings. The van der Waals surface area contributed by atoms with Crippen LogP contribution < -0.4 is 5.73 Å². The van der Waals surface area contributed by atoms with Crippen LogP contribution >= 0.6 is 18.2 Å². The van der Waals surface area contributed by atoms with Crippen LogP contribution in [0.3, 0.4) is 0 Å². The first kappa shape index (κ1) is 46.9. The molecule has 47 heavy (non-hydrogen) atoms. The molecule has 0 radical (unpaired) electrons. The molecule has 0 rings (SSSR count). The third-order valence-electron chi connectivity index (χ3n) is 10.0. The maximum atomic E-state index is 11.8. The third kappa shape index (κ3) is 28.3. The van der Waals surface area contributed by atoms with E-state index in [1.165, 1.54) is 167 Å². The quantitative estimate of drug-likeness (QED) is 0.0219. The van der Waals surface area contributed by atoms with Gasteiger partial charge < -0.3 is 20.6 Å². The van der Waals surface area contributed by atoms with Crippen LogP contribution in [0.15, 0.2) is 0 Å². The number of unbranched alkanes of at least 4 members (excludes halogenated alkanes) is 30. The molecule has 0 aromatic rings. The van der Waals surface area contributed by atoms with Gasteiger partial charge in [-0.3, -0.25) is 0 Å². The molecule has 0 aliphatic heterocycles. The molecular formula is C39H79N2O4PS. The molecule has 1 unspecified atom stereocenters. The number of nitriles is 1. The topological polar surface area (TPSA) is 128 Å². The minimum Gasteiger partial charge on any atom is -0.365 e. The molecule has 0 amide bonds. The number of nitrogens with two attached hydrogens (primary N) is 1. The number of nitrogens with zero attached hydrogens (tertiary/aromatic N) is 1. The zero-order valence-corrected chi connectivity index (χ0v) is 32.9. The molecule has 0 spiro atoms. The maximum absolute atomic E-state index is 11.8. The summed E-state index contributed by atoms with van der Waals surface area (Å²) in [5.41, 5.74) is 5.33. The third-order valence-corrected chi connectivity index (χ3v) is 12.5. The number of rotatable bonds is 37. The fourth-order valence-corrected chi connectivity index (χ4v) is 9.31. The van der Waals surface area contributed by atoms with Gasteiger partial charge in [0.2, 0.25) is 4.93 Å². The van der Waals surface area contributed by atoms with Gasteiger partial charge in [-0.05, 0) is 12.8 Å². The first-order valence-electron chi connectivity index (χ1n) is 20.3. The summed E-state index contributed by atoms with van der Waals surface area (Å²) in [5, 5.41) is 20.9. The van der Waals surface area contributed by atoms with Gasteiger partial charge in [-0.2, -0.15) is 5.26 Å². The molecule has 0 aromatic heterocycles. The van der Waals surface area contributed by atoms with Gasteiger partial charge in [0.15, 0.2) is 0 Å². The zero-order chi connectivity index (χ0) is 35.0. The van der Waals surface area contributed by atoms with Crippen molar-refractivity contribution in [3.8, 4) is 6.07 Å². The van der Waals surface area contributed by atoms with Crippen LogP contribution in [-0.4, -0.2) is 25.4 Å². The second-order valence-electron chi connectivity index (χ2n) is 14.6. The predicted octanol–water partition coefficient (Wildman–Crippen LogP) is 13.0. The summed E-state index contributed by atoms with van der Waals surface area (Å²) in [5.74, 6) is 0. The van der Waals surface area contributed by atoms with E-state index in [4.69, 9.17) is 5.73 Å². The monoisotopic (exact) mass is 703 g/mol. The highest BCUT2D eigenvalue weighted by atomic mass is 32.7. The first-order chi connectivity index (χ1) is 22.6. The first-order valence-corrected chi connectivity index (χ1v) is 23.4. The van der Waals surface area contributed by atoms with Crippen molar-refractivity contribution in [1.82, 2.24) is 0 Å². The van der Waals surface area contributed by atoms with Crippen molar-refractivity contribution < 1.29 is 19.5 Å². The Hall–Kier alpha value is -0.0900. The lowest BCUT2D eigenvalue weighted by molar-refractivity contribution is 0.0835. The van der Waals surface area contributed by atoms with Gasteiger partial charge in [-0.25, -0.2) is 4.57 Å². The number of hydrogen-bond donors (Lipinski definition) is 4. The normalized spacial score (nSPS) is 13.6. The summed E-state index contributed by atoms with van der Waals surface area (Å²) < 4.78 is 11.8. The lowest BCUT2D eigenvalue weighted by atomic mass is 9.82. The summed E-state index contributed by atoms with van der Waals surface area (Å²) in [6.45, 7) is -0.156. The molecule has 0 aliphatic carbocycles. The van der Waals surface area contributed by atoms with Gasteiger partial charge in [0, 0.05) is 11.4 Å². The molecule has 5 N–H and O–H groups in total. The summed E-state index contributed by atoms with van der Waals surface area (Å²) in [6, 6.07) is 1.79. The molecule has 0 bridgehead atoms. The largest absolute Gasteiger partial charge is 0.387 e. The minimum absolute atomic E-state index is 0.0240. The van der Waals surface area contributed by atoms with Crippen molar-refractivity contribution in [2.24, 2.45) is 5.73 Å². The summed E-state index contributed by atoms with van der Waals surface area (Å²) in [4.78, 5) is 16.9. The highest BCUT2D eigenvalue weighted by molar-refractivity contribution is 8.55. The molecule has 0 saturated carbocycles. The van der Waals surface area contributed by atoms with Crippen LogP contribution in [0.1, 0.15) is 232 Å². The van der Waals surface area contributed by atoms with Crippen LogP contribution in [-0.2, 0) is 4.57 Å². The lowest BCUT2D eigenvalue weighted by Gasteiger charge is -2.39. The fourth-order valence-electron chi connectivity index (χ4n) is 6.84. The summed E-state index contributed by atoms with van der Waals surface area (Å²) in [7, 11) is 0. The van der Waals surface area contributed by atoms with Gasteiger partial charge in [-0.1, -0.05) is 219 Å². The van der Waals surface area contributed by atoms with Crippen LogP contribution in [0.5, 0.6) is 0 Å². The smallest absolute Gasteiger partial charge is 0.365 e. The van der Waals surface area contributed by atoms with Crippen LogP contribution in [0.2, 0.25) is 0 Å². The van der Waals surface area contributed by atoms with Gasteiger partial charge >= 0.3 is 6.80 Å². The maximum Gasteiger partial charge on any atom is 0.387 e. The van der Waals surface area contributed by atoms with Gasteiger partial charge in [-0.15, -0.1) is 0 Å². The van der Waals surface area contributed by atoms with Crippen molar-refractivity contribution >= 4 is 18.2 Å². The Morgan fingerprint density at radius 1 is 0.511 bits per heavy atom. The number of aliphatic hydroxyl groups is 1. The SMILES string of the molecule is CCCCCCCCCCCCCCCCCCC(N)(CCCCCCCCCCCCCCCCCC)C(O)(C#N)SP(=O)(O)O. The van der Waals surface area contributed by atoms with Gasteiger partial charge in [0.25, 0.3) is 0 Å². The van der Waals surface area contributed by atoms with Crippen molar-refractivity contribution in [3.05, 3.63) is 0 Å². The number of hydrogen-bond acceptors (Lipinski definition) is 5. The predicted molar refractivity (Wildman–Crippen MR) is 205 cm³/mol. The van der Waals surface area contributed by atoms with Crippen LogP contribution in [0, 0.1) is 11.3 Å². The van der Waals surface area contributed by atoms with E-state index in [0.29, 0.717) is 12.8 Å². The van der Waals surface area contributed by atoms with E-state index in [0.717, 1.165) is 38.5 Å². The van der Waals surface area contributed by atoms with Gasteiger partial charge in [0.1, 0.15) is 6.07 Å². The Kier molecular flexibility index (Phi) is 31.8. The summed E-state index contributed by atoms with van der Waals surface area (Å²) >= 11 is 0.0240. The van der Waals surface area contributed by atoms with Crippen molar-refractivity contribution in [2.75, 3.05) is 0 Å². The van der Waals surface area contributed by atoms with Crippen molar-refractivity contribution in [1.29, 1.82) is 5.26 Å². The molecule has 1 atom stereocenters. The highest BCUT2D eigenvalue weighted by Gasteiger charge is 2.52. The Labute approximate surface area is 296 Å². The van der Waals surface area contributed by atoms with E-state index >= 15 is 0 Å². The molecule has 0 saturated heterocycles. The Morgan fingerprint density at radius 3 is 0.915 bits per heavy atom. The summed E-state index contributed by atoms with van der Waals surface area (Å²) in [6.07, 6.45) is 41.1. The Bertz CT molecular complexity index is 739. The second kappa shape index (κ2) is 31.9. The average molecular weight is 703 g/mol. The van der Waals surface area contributed by atoms with E-state index in [9.17, 15) is 24.7 Å². The molecule has 0 heterocycles. The van der Waals surface area contributed by atoms with E-state index < -0.39 is 17.3 Å². The average Bonchev–Trinajstić information content (AvgIpc) is 3.03. The molecular weight excluding hydrogens is 623 g/mol. The standard InChI is InChI=1S/C39H79N2O4PS/c1-3-5-7-9-11-13-15-17-19-21-23-25-27-29-31-33-35-38(41,39(42,37-40)47-46(43,44)45)36-34-32-30-28-26-24-22-20-18-16-14-12-10-8-6-4-2/h42H,3-36,41H2,1-2H3,(H2,43,44,45). The van der Waals surface area contributed by atoms with Crippen molar-refractivity contribution in [3.63, 3.8) is 0 Å². The van der Waals surface area contributed by atoms with E-state index in [2.05, 4.69) is 13.8 Å². The Balaban J connectivity index is 4.19. The van der Waals surface area contributed by atoms with Crippen LogP contribution in [0.25, 0.3) is 0 Å². The highest BCUT2D eigenvalue weighted by Crippen LogP contribution is 2.59. The second-order valence-corrected chi connectivity index (χ2v) is 18.3. The minimum atomic E-state index is -4.69. The van der Waals surface area contributed by atoms with Gasteiger partial charge in [0.05, 0.1) is 5.54 Å². The molecule has 8 heteroatoms. The molecule has 0 aromatic carbocycles. The van der Waals surface area contributed by atoms with Crippen molar-refractivity contribution in [2.45, 2.75) is 243 Å². The lowest BCUT2D eigenvalue weighted by Crippen LogP contribution is -2.58.